The van der Waals surface area contributed by atoms with Crippen LogP contribution in [0.15, 0.2) is 18.3 Å². The van der Waals surface area contributed by atoms with Gasteiger partial charge in [0.15, 0.2) is 0 Å². The molecule has 1 saturated heterocycles. The first-order valence-electron chi connectivity index (χ1n) is 8.11. The summed E-state index contributed by atoms with van der Waals surface area (Å²) in [6.07, 6.45) is 2.02. The zero-order chi connectivity index (χ0) is 15.5. The molecule has 0 spiro atoms. The van der Waals surface area contributed by atoms with Crippen molar-refractivity contribution in [3.63, 3.8) is 0 Å². The van der Waals surface area contributed by atoms with Crippen molar-refractivity contribution in [2.24, 2.45) is 0 Å². The second kappa shape index (κ2) is 6.75. The zero-order valence-electron chi connectivity index (χ0n) is 14.2. The van der Waals surface area contributed by atoms with Gasteiger partial charge < -0.3 is 10.2 Å². The first-order valence-corrected chi connectivity index (χ1v) is 8.11. The summed E-state index contributed by atoms with van der Waals surface area (Å²) in [5.41, 5.74) is 2.64. The average Bonchev–Trinajstić information content (AvgIpc) is 2.47. The Kier molecular flexibility index (Phi) is 5.22. The smallest absolute Gasteiger partial charge is 0.0572 e. The number of hydrogen-bond donors (Lipinski definition) is 1. The third-order valence-corrected chi connectivity index (χ3v) is 4.32. The summed E-state index contributed by atoms with van der Waals surface area (Å²) in [6, 6.07) is 4.68. The molecule has 1 aliphatic rings. The minimum absolute atomic E-state index is 0.273. The summed E-state index contributed by atoms with van der Waals surface area (Å²) in [6.45, 7) is 16.6. The molecule has 4 nitrogen and oxygen atoms in total. The third kappa shape index (κ3) is 4.17. The van der Waals surface area contributed by atoms with Crippen LogP contribution in [0.5, 0.6) is 0 Å². The molecule has 1 aliphatic heterocycles. The summed E-state index contributed by atoms with van der Waals surface area (Å²) in [4.78, 5) is 9.62. The second-order valence-electron chi connectivity index (χ2n) is 6.87. The summed E-state index contributed by atoms with van der Waals surface area (Å²) in [5, 5.41) is 3.40. The first-order chi connectivity index (χ1) is 9.91. The molecule has 0 bridgehead atoms. The van der Waals surface area contributed by atoms with Gasteiger partial charge in [-0.05, 0) is 46.4 Å². The van der Waals surface area contributed by atoms with Crippen LogP contribution in [-0.2, 0) is 0 Å². The fourth-order valence-corrected chi connectivity index (χ4v) is 2.89. The fraction of sp³-hybridized carbons (Fsp3) is 0.706. The van der Waals surface area contributed by atoms with Gasteiger partial charge in [0.1, 0.15) is 0 Å². The van der Waals surface area contributed by atoms with Crippen LogP contribution < -0.4 is 10.2 Å². The maximum Gasteiger partial charge on any atom is 0.0572 e. The lowest BCUT2D eigenvalue weighted by Gasteiger charge is -2.43. The lowest BCUT2D eigenvalue weighted by Crippen LogP contribution is -2.53. The quantitative estimate of drug-likeness (QED) is 0.924. The van der Waals surface area contributed by atoms with Crippen molar-refractivity contribution >= 4 is 5.69 Å². The largest absolute Gasteiger partial charge is 0.368 e. The number of rotatable bonds is 4. The highest BCUT2D eigenvalue weighted by Crippen LogP contribution is 2.21. The van der Waals surface area contributed by atoms with Gasteiger partial charge in [-0.1, -0.05) is 6.92 Å². The van der Waals surface area contributed by atoms with Crippen molar-refractivity contribution in [1.82, 2.24) is 15.2 Å². The Hall–Kier alpha value is -1.13. The molecular formula is C17H30N4. The van der Waals surface area contributed by atoms with Gasteiger partial charge in [-0.25, -0.2) is 0 Å². The molecule has 4 heteroatoms. The Balaban J connectivity index is 1.95. The average molecular weight is 290 g/mol. The van der Waals surface area contributed by atoms with Gasteiger partial charge in [-0.15, -0.1) is 0 Å². The van der Waals surface area contributed by atoms with Crippen molar-refractivity contribution in [2.75, 3.05) is 37.6 Å². The molecule has 1 unspecified atom stereocenters. The van der Waals surface area contributed by atoms with Gasteiger partial charge in [-0.3, -0.25) is 9.88 Å². The van der Waals surface area contributed by atoms with Crippen LogP contribution in [-0.4, -0.2) is 48.1 Å². The highest BCUT2D eigenvalue weighted by molar-refractivity contribution is 5.45. The summed E-state index contributed by atoms with van der Waals surface area (Å²) in [7, 11) is 0. The van der Waals surface area contributed by atoms with Gasteiger partial charge in [-0.2, -0.15) is 0 Å². The maximum atomic E-state index is 4.62. The minimum atomic E-state index is 0.273. The van der Waals surface area contributed by atoms with E-state index in [1.54, 1.807) is 0 Å². The van der Waals surface area contributed by atoms with Crippen LogP contribution in [0.4, 0.5) is 5.69 Å². The molecule has 1 N–H and O–H groups in total. The van der Waals surface area contributed by atoms with E-state index in [1.165, 1.54) is 5.69 Å². The fourth-order valence-electron chi connectivity index (χ4n) is 2.89. The second-order valence-corrected chi connectivity index (χ2v) is 6.87. The van der Waals surface area contributed by atoms with E-state index < -0.39 is 0 Å². The van der Waals surface area contributed by atoms with E-state index in [-0.39, 0.29) is 5.54 Å². The normalized spacial score (nSPS) is 18.8. The highest BCUT2D eigenvalue weighted by Gasteiger charge is 2.25. The van der Waals surface area contributed by atoms with E-state index >= 15 is 0 Å². The molecule has 2 rings (SSSR count). The molecule has 1 fully saturated rings. The number of aromatic nitrogens is 1. The van der Waals surface area contributed by atoms with Crippen molar-refractivity contribution in [1.29, 1.82) is 0 Å². The van der Waals surface area contributed by atoms with E-state index in [9.17, 15) is 0 Å². The molecule has 0 amide bonds. The maximum absolute atomic E-state index is 4.62. The lowest BCUT2D eigenvalue weighted by atomic mass is 10.0. The molecule has 0 aliphatic carbocycles. The van der Waals surface area contributed by atoms with E-state index in [0.717, 1.165) is 38.4 Å². The lowest BCUT2D eigenvalue weighted by molar-refractivity contribution is 0.128. The Morgan fingerprint density at radius 3 is 2.33 bits per heavy atom. The molecule has 0 radical (unpaired) electrons. The molecule has 2 heterocycles. The van der Waals surface area contributed by atoms with Crippen molar-refractivity contribution < 1.29 is 0 Å². The Labute approximate surface area is 129 Å². The third-order valence-electron chi connectivity index (χ3n) is 4.32. The van der Waals surface area contributed by atoms with E-state index in [1.807, 2.05) is 6.20 Å². The van der Waals surface area contributed by atoms with Gasteiger partial charge >= 0.3 is 0 Å². The van der Waals surface area contributed by atoms with Crippen LogP contribution in [0.2, 0.25) is 0 Å². The standard InChI is InChI=1S/C17H30N4/c1-6-18-14(2)16-8-7-15(13-19-16)20-9-11-21(12-10-20)17(3,4)5/h7-8,13-14,18H,6,9-12H2,1-5H3. The minimum Gasteiger partial charge on any atom is -0.368 e. The molecule has 1 aromatic heterocycles. The first kappa shape index (κ1) is 16.2. The molecule has 118 valence electrons. The monoisotopic (exact) mass is 290 g/mol. The molecule has 21 heavy (non-hydrogen) atoms. The van der Waals surface area contributed by atoms with Crippen LogP contribution >= 0.6 is 0 Å². The number of nitrogens with zero attached hydrogens (tertiary/aromatic N) is 3. The van der Waals surface area contributed by atoms with Crippen molar-refractivity contribution in [2.45, 2.75) is 46.2 Å². The van der Waals surface area contributed by atoms with Gasteiger partial charge in [0.25, 0.3) is 0 Å². The number of nitrogens with one attached hydrogen (secondary N) is 1. The van der Waals surface area contributed by atoms with Crippen molar-refractivity contribution in [3.8, 4) is 0 Å². The number of hydrogen-bond acceptors (Lipinski definition) is 4. The van der Waals surface area contributed by atoms with Crippen LogP contribution in [0, 0.1) is 0 Å². The highest BCUT2D eigenvalue weighted by atomic mass is 15.3. The summed E-state index contributed by atoms with van der Waals surface area (Å²) >= 11 is 0. The summed E-state index contributed by atoms with van der Waals surface area (Å²) in [5.74, 6) is 0. The zero-order valence-corrected chi connectivity index (χ0v) is 14.2. The van der Waals surface area contributed by atoms with Crippen LogP contribution in [0.1, 0.15) is 46.4 Å². The predicted octanol–water partition coefficient (Wildman–Crippen LogP) is 2.67. The Bertz CT molecular complexity index is 427. The SMILES string of the molecule is CCNC(C)c1ccc(N2CCN(C(C)(C)C)CC2)cn1. The topological polar surface area (TPSA) is 31.4 Å². The van der Waals surface area contributed by atoms with E-state index in [2.05, 4.69) is 66.9 Å². The molecule has 1 aromatic rings. The molecule has 0 aromatic carbocycles. The molecule has 0 saturated carbocycles. The van der Waals surface area contributed by atoms with Gasteiger partial charge in [0.2, 0.25) is 0 Å². The molecular weight excluding hydrogens is 260 g/mol. The Morgan fingerprint density at radius 2 is 1.86 bits per heavy atom. The van der Waals surface area contributed by atoms with E-state index in [4.69, 9.17) is 0 Å². The van der Waals surface area contributed by atoms with Gasteiger partial charge in [0, 0.05) is 37.8 Å². The van der Waals surface area contributed by atoms with Gasteiger partial charge in [0.05, 0.1) is 17.6 Å². The Morgan fingerprint density at radius 1 is 1.19 bits per heavy atom. The van der Waals surface area contributed by atoms with Crippen molar-refractivity contribution in [3.05, 3.63) is 24.0 Å². The number of piperazine rings is 1. The van der Waals surface area contributed by atoms with Crippen LogP contribution in [0.25, 0.3) is 0 Å². The van der Waals surface area contributed by atoms with E-state index in [0.29, 0.717) is 6.04 Å². The molecule has 1 atom stereocenters. The number of anilines is 1. The predicted molar refractivity (Wildman–Crippen MR) is 89.9 cm³/mol. The van der Waals surface area contributed by atoms with Crippen LogP contribution in [0.3, 0.4) is 0 Å². The summed E-state index contributed by atoms with van der Waals surface area (Å²) < 4.78 is 0. The number of pyridine rings is 1.